The van der Waals surface area contributed by atoms with Crippen molar-refractivity contribution in [3.63, 3.8) is 0 Å². The van der Waals surface area contributed by atoms with Crippen LogP contribution in [0.25, 0.3) is 22.3 Å². The van der Waals surface area contributed by atoms with Gasteiger partial charge in [0.15, 0.2) is 0 Å². The molecular formula is C40H48O2. The summed E-state index contributed by atoms with van der Waals surface area (Å²) in [6.07, 6.45) is 6.03. The minimum atomic E-state index is -0.0695. The first kappa shape index (κ1) is 30.0. The molecule has 42 heavy (non-hydrogen) atoms. The molecule has 2 nitrogen and oxygen atoms in total. The van der Waals surface area contributed by atoms with Gasteiger partial charge in [-0.1, -0.05) is 109 Å². The highest BCUT2D eigenvalue weighted by Gasteiger charge is 2.43. The van der Waals surface area contributed by atoms with E-state index in [9.17, 15) is 10.2 Å². The van der Waals surface area contributed by atoms with Gasteiger partial charge in [-0.2, -0.15) is 0 Å². The largest absolute Gasteiger partial charge is 0.508 e. The van der Waals surface area contributed by atoms with E-state index < -0.39 is 0 Å². The van der Waals surface area contributed by atoms with Crippen molar-refractivity contribution in [2.45, 2.75) is 104 Å². The highest BCUT2D eigenvalue weighted by Crippen LogP contribution is 2.53. The van der Waals surface area contributed by atoms with Gasteiger partial charge in [-0.25, -0.2) is 0 Å². The maximum atomic E-state index is 9.94. The van der Waals surface area contributed by atoms with Crippen LogP contribution in [0, 0.1) is 13.8 Å². The fraction of sp³-hybridized carbons (Fsp3) is 0.400. The molecule has 0 aromatic heterocycles. The molecule has 0 unspecified atom stereocenters. The summed E-state index contributed by atoms with van der Waals surface area (Å²) in [5.41, 5.74) is 13.2. The van der Waals surface area contributed by atoms with Crippen molar-refractivity contribution in [2.75, 3.05) is 0 Å². The quantitative estimate of drug-likeness (QED) is 0.261. The first-order valence-electron chi connectivity index (χ1n) is 15.6. The molecule has 1 saturated carbocycles. The molecule has 0 bridgehead atoms. The smallest absolute Gasteiger partial charge is 0.115 e. The number of aromatic hydroxyl groups is 2. The van der Waals surface area contributed by atoms with E-state index >= 15 is 0 Å². The third kappa shape index (κ3) is 5.37. The lowest BCUT2D eigenvalue weighted by Gasteiger charge is -2.45. The minimum Gasteiger partial charge on any atom is -0.508 e. The molecular weight excluding hydrogens is 512 g/mol. The van der Waals surface area contributed by atoms with Crippen LogP contribution in [0.3, 0.4) is 0 Å². The lowest BCUT2D eigenvalue weighted by atomic mass is 9.58. The van der Waals surface area contributed by atoms with E-state index in [0.717, 1.165) is 24.0 Å². The van der Waals surface area contributed by atoms with Gasteiger partial charge < -0.3 is 10.2 Å². The summed E-state index contributed by atoms with van der Waals surface area (Å²) in [5.74, 6) is 0.595. The van der Waals surface area contributed by atoms with Gasteiger partial charge in [-0.05, 0) is 117 Å². The Morgan fingerprint density at radius 1 is 0.500 bits per heavy atom. The molecule has 0 aliphatic heterocycles. The van der Waals surface area contributed by atoms with Gasteiger partial charge in [0, 0.05) is 5.41 Å². The average Bonchev–Trinajstić information content (AvgIpc) is 2.93. The average molecular weight is 561 g/mol. The molecule has 0 amide bonds. The van der Waals surface area contributed by atoms with Crippen LogP contribution in [-0.2, 0) is 16.2 Å². The molecule has 1 aliphatic rings. The van der Waals surface area contributed by atoms with Crippen molar-refractivity contribution in [3.8, 4) is 33.8 Å². The summed E-state index contributed by atoms with van der Waals surface area (Å²) in [5, 5.41) is 19.9. The summed E-state index contributed by atoms with van der Waals surface area (Å²) in [6, 6.07) is 24.8. The highest BCUT2D eigenvalue weighted by molar-refractivity contribution is 5.74. The Bertz CT molecular complexity index is 1450. The monoisotopic (exact) mass is 560 g/mol. The Morgan fingerprint density at radius 2 is 0.857 bits per heavy atom. The van der Waals surface area contributed by atoms with Crippen LogP contribution in [0.1, 0.15) is 107 Å². The van der Waals surface area contributed by atoms with Gasteiger partial charge in [0.25, 0.3) is 0 Å². The van der Waals surface area contributed by atoms with Gasteiger partial charge >= 0.3 is 0 Å². The van der Waals surface area contributed by atoms with Gasteiger partial charge in [0.1, 0.15) is 11.5 Å². The zero-order valence-electron chi connectivity index (χ0n) is 26.9. The van der Waals surface area contributed by atoms with Crippen molar-refractivity contribution in [1.82, 2.24) is 0 Å². The van der Waals surface area contributed by atoms with E-state index in [1.165, 1.54) is 63.8 Å². The van der Waals surface area contributed by atoms with E-state index in [1.54, 1.807) is 24.3 Å². The second kappa shape index (κ2) is 11.0. The number of benzene rings is 4. The van der Waals surface area contributed by atoms with Crippen molar-refractivity contribution in [3.05, 3.63) is 106 Å². The van der Waals surface area contributed by atoms with E-state index in [0.29, 0.717) is 11.5 Å². The second-order valence-corrected chi connectivity index (χ2v) is 14.6. The summed E-state index contributed by atoms with van der Waals surface area (Å²) < 4.78 is 0. The van der Waals surface area contributed by atoms with Crippen molar-refractivity contribution in [2.24, 2.45) is 0 Å². The van der Waals surface area contributed by atoms with Crippen LogP contribution in [0.15, 0.2) is 72.8 Å². The third-order valence-corrected chi connectivity index (χ3v) is 9.52. The van der Waals surface area contributed by atoms with Gasteiger partial charge in [0.2, 0.25) is 0 Å². The lowest BCUT2D eigenvalue weighted by Crippen LogP contribution is -2.37. The molecule has 4 aromatic rings. The minimum absolute atomic E-state index is 0.0419. The Balaban J connectivity index is 1.81. The Labute approximate surface area is 253 Å². The maximum absolute atomic E-state index is 9.94. The van der Waals surface area contributed by atoms with E-state index in [1.807, 2.05) is 24.3 Å². The Kier molecular flexibility index (Phi) is 7.81. The van der Waals surface area contributed by atoms with Crippen molar-refractivity contribution < 1.29 is 10.2 Å². The molecule has 0 atom stereocenters. The topological polar surface area (TPSA) is 40.5 Å². The standard InChI is InChI=1S/C40H48O2/c1-26-32(28-12-16-30(41)17-13-28)20-22-34(36(26)38(3,4)5)40(24-10-9-11-25-40)35-23-21-33(27(2)37(35)39(6,7)8)29-14-18-31(42)19-15-29/h12-23,41-42H,9-11,24-25H2,1-8H3. The van der Waals surface area contributed by atoms with Gasteiger partial charge in [-0.3, -0.25) is 0 Å². The van der Waals surface area contributed by atoms with E-state index in [4.69, 9.17) is 0 Å². The molecule has 5 rings (SSSR count). The van der Waals surface area contributed by atoms with Crippen molar-refractivity contribution in [1.29, 1.82) is 0 Å². The SMILES string of the molecule is Cc1c(-c2ccc(O)cc2)ccc(C2(c3ccc(-c4ccc(O)cc4)c(C)c3C(C)(C)C)CCCCC2)c1C(C)(C)C. The van der Waals surface area contributed by atoms with Crippen LogP contribution >= 0.6 is 0 Å². The molecule has 0 saturated heterocycles. The highest BCUT2D eigenvalue weighted by atomic mass is 16.3. The molecule has 4 aromatic carbocycles. The van der Waals surface area contributed by atoms with E-state index in [2.05, 4.69) is 79.7 Å². The first-order valence-corrected chi connectivity index (χ1v) is 15.6. The number of hydrogen-bond donors (Lipinski definition) is 2. The normalized spacial score (nSPS) is 15.5. The Morgan fingerprint density at radius 3 is 1.19 bits per heavy atom. The number of phenols is 2. The molecule has 2 heteroatoms. The molecule has 0 spiro atoms. The molecule has 2 N–H and O–H groups in total. The summed E-state index contributed by atoms with van der Waals surface area (Å²) in [7, 11) is 0. The van der Waals surface area contributed by atoms with E-state index in [-0.39, 0.29) is 16.2 Å². The van der Waals surface area contributed by atoms with Gasteiger partial charge in [-0.15, -0.1) is 0 Å². The zero-order chi connectivity index (χ0) is 30.4. The number of hydrogen-bond acceptors (Lipinski definition) is 2. The third-order valence-electron chi connectivity index (χ3n) is 9.52. The van der Waals surface area contributed by atoms with Crippen LogP contribution in [0.4, 0.5) is 0 Å². The molecule has 1 fully saturated rings. The van der Waals surface area contributed by atoms with Crippen LogP contribution < -0.4 is 0 Å². The first-order chi connectivity index (χ1) is 19.7. The summed E-state index contributed by atoms with van der Waals surface area (Å²) in [4.78, 5) is 0. The zero-order valence-corrected chi connectivity index (χ0v) is 26.9. The fourth-order valence-electron chi connectivity index (χ4n) is 7.90. The second-order valence-electron chi connectivity index (χ2n) is 14.6. The van der Waals surface area contributed by atoms with Gasteiger partial charge in [0.05, 0.1) is 0 Å². The van der Waals surface area contributed by atoms with Crippen LogP contribution in [-0.4, -0.2) is 10.2 Å². The molecule has 0 heterocycles. The predicted molar refractivity (Wildman–Crippen MR) is 178 cm³/mol. The predicted octanol–water partition coefficient (Wildman–Crippen LogP) is 10.9. The van der Waals surface area contributed by atoms with Crippen molar-refractivity contribution >= 4 is 0 Å². The number of phenolic OH excluding ortho intramolecular Hbond substituents is 2. The Hall–Kier alpha value is -3.52. The number of rotatable bonds is 4. The maximum Gasteiger partial charge on any atom is 0.115 e. The lowest BCUT2D eigenvalue weighted by molar-refractivity contribution is 0.334. The summed E-state index contributed by atoms with van der Waals surface area (Å²) in [6.45, 7) is 18.8. The van der Waals surface area contributed by atoms with Crippen LogP contribution in [0.2, 0.25) is 0 Å². The molecule has 220 valence electrons. The van der Waals surface area contributed by atoms with Crippen LogP contribution in [0.5, 0.6) is 11.5 Å². The summed E-state index contributed by atoms with van der Waals surface area (Å²) >= 11 is 0. The molecule has 1 aliphatic carbocycles. The fourth-order valence-corrected chi connectivity index (χ4v) is 7.90. The molecule has 0 radical (unpaired) electrons.